The molecule has 0 aliphatic rings. The van der Waals surface area contributed by atoms with Crippen molar-refractivity contribution in [1.82, 2.24) is 4.47 Å². The number of anilines is 1. The Morgan fingerprint density at radius 1 is 1.04 bits per heavy atom. The number of hydroxylamine groups is 1. The van der Waals surface area contributed by atoms with Crippen molar-refractivity contribution >= 4 is 27.5 Å². The third-order valence-electron chi connectivity index (χ3n) is 3.73. The number of hydrogen-bond acceptors (Lipinski definition) is 6. The molecular formula is C17H19N3O6S. The standard InChI is InChI=1S/C17H19N3O6S/c1-20(26-3)27(23,24)15-10-12(6-9-14(15)25-2)17(22)19-13-7-4-11(5-8-13)16(18)21/h4-10H,1-3H3,(H2,18,21)(H,19,22). The highest BCUT2D eigenvalue weighted by Gasteiger charge is 2.26. The number of ether oxygens (including phenoxy) is 1. The van der Waals surface area contributed by atoms with Gasteiger partial charge in [-0.3, -0.25) is 14.4 Å². The number of hydrogen-bond donors (Lipinski definition) is 2. The van der Waals surface area contributed by atoms with E-state index < -0.39 is 21.8 Å². The maximum absolute atomic E-state index is 12.5. The molecule has 2 rings (SSSR count). The maximum atomic E-state index is 12.5. The van der Waals surface area contributed by atoms with Gasteiger partial charge in [-0.15, -0.1) is 0 Å². The van der Waals surface area contributed by atoms with Crippen molar-refractivity contribution < 1.29 is 27.6 Å². The summed E-state index contributed by atoms with van der Waals surface area (Å²) < 4.78 is 30.8. The van der Waals surface area contributed by atoms with Gasteiger partial charge in [0.25, 0.3) is 15.9 Å². The SMILES string of the molecule is COc1ccc(C(=O)Nc2ccc(C(N)=O)cc2)cc1S(=O)(=O)N(C)OC. The lowest BCUT2D eigenvalue weighted by molar-refractivity contribution is -0.0259. The van der Waals surface area contributed by atoms with Crippen LogP contribution in [0.3, 0.4) is 0 Å². The van der Waals surface area contributed by atoms with Gasteiger partial charge in [0.2, 0.25) is 5.91 Å². The minimum Gasteiger partial charge on any atom is -0.495 e. The van der Waals surface area contributed by atoms with Gasteiger partial charge in [0.1, 0.15) is 10.6 Å². The summed E-state index contributed by atoms with van der Waals surface area (Å²) in [4.78, 5) is 28.1. The number of primary amides is 1. The summed E-state index contributed by atoms with van der Waals surface area (Å²) in [5.74, 6) is -1.05. The molecule has 0 saturated heterocycles. The Labute approximate surface area is 156 Å². The predicted octanol–water partition coefficient (Wildman–Crippen LogP) is 1.23. The van der Waals surface area contributed by atoms with Crippen LogP contribution < -0.4 is 15.8 Å². The van der Waals surface area contributed by atoms with Crippen molar-refractivity contribution in [1.29, 1.82) is 0 Å². The smallest absolute Gasteiger partial charge is 0.268 e. The minimum atomic E-state index is -4.02. The van der Waals surface area contributed by atoms with Gasteiger partial charge in [0.05, 0.1) is 14.2 Å². The van der Waals surface area contributed by atoms with Crippen molar-refractivity contribution in [3.8, 4) is 5.75 Å². The fourth-order valence-electron chi connectivity index (χ4n) is 2.18. The molecule has 27 heavy (non-hydrogen) atoms. The van der Waals surface area contributed by atoms with Crippen molar-refractivity contribution in [2.75, 3.05) is 26.6 Å². The van der Waals surface area contributed by atoms with Crippen LogP contribution in [0.5, 0.6) is 5.75 Å². The third kappa shape index (κ3) is 4.42. The van der Waals surface area contributed by atoms with Gasteiger partial charge < -0.3 is 15.8 Å². The largest absolute Gasteiger partial charge is 0.495 e. The molecule has 2 aromatic rings. The number of nitrogens with zero attached hydrogens (tertiary/aromatic N) is 1. The van der Waals surface area contributed by atoms with E-state index in [4.69, 9.17) is 15.3 Å². The Bertz CT molecular complexity index is 957. The summed E-state index contributed by atoms with van der Waals surface area (Å²) >= 11 is 0. The van der Waals surface area contributed by atoms with Crippen LogP contribution in [0.25, 0.3) is 0 Å². The normalized spacial score (nSPS) is 11.3. The van der Waals surface area contributed by atoms with E-state index >= 15 is 0 Å². The second-order valence-electron chi connectivity index (χ2n) is 5.36. The van der Waals surface area contributed by atoms with Gasteiger partial charge in [0.15, 0.2) is 0 Å². The highest BCUT2D eigenvalue weighted by atomic mass is 32.2. The van der Waals surface area contributed by atoms with E-state index in [0.717, 1.165) is 0 Å². The molecule has 2 aromatic carbocycles. The second kappa shape index (κ2) is 8.16. The van der Waals surface area contributed by atoms with E-state index in [1.54, 1.807) is 0 Å². The number of carbonyl (C=O) groups is 2. The zero-order valence-electron chi connectivity index (χ0n) is 14.9. The quantitative estimate of drug-likeness (QED) is 0.681. The molecule has 0 fully saturated rings. The van der Waals surface area contributed by atoms with Crippen molar-refractivity contribution in [3.63, 3.8) is 0 Å². The first-order valence-electron chi connectivity index (χ1n) is 7.63. The number of nitrogens with two attached hydrogens (primary N) is 1. The van der Waals surface area contributed by atoms with Crippen LogP contribution >= 0.6 is 0 Å². The lowest BCUT2D eigenvalue weighted by Gasteiger charge is -2.17. The zero-order valence-corrected chi connectivity index (χ0v) is 15.7. The highest BCUT2D eigenvalue weighted by molar-refractivity contribution is 7.89. The number of rotatable bonds is 7. The number of benzene rings is 2. The molecule has 144 valence electrons. The lowest BCUT2D eigenvalue weighted by Crippen LogP contribution is -2.26. The number of amides is 2. The molecule has 3 N–H and O–H groups in total. The van der Waals surface area contributed by atoms with Crippen LogP contribution in [0.2, 0.25) is 0 Å². The first-order chi connectivity index (χ1) is 12.7. The molecule has 0 saturated carbocycles. The number of sulfonamides is 1. The monoisotopic (exact) mass is 393 g/mol. The Balaban J connectivity index is 2.34. The number of nitrogens with one attached hydrogen (secondary N) is 1. The molecular weight excluding hydrogens is 374 g/mol. The summed E-state index contributed by atoms with van der Waals surface area (Å²) in [6.45, 7) is 0. The van der Waals surface area contributed by atoms with Crippen LogP contribution in [0.1, 0.15) is 20.7 Å². The van der Waals surface area contributed by atoms with Crippen LogP contribution in [-0.2, 0) is 14.9 Å². The molecule has 0 spiro atoms. The summed E-state index contributed by atoms with van der Waals surface area (Å²) in [6.07, 6.45) is 0. The van der Waals surface area contributed by atoms with Gasteiger partial charge in [-0.2, -0.15) is 0 Å². The minimum absolute atomic E-state index is 0.0706. The Kier molecular flexibility index (Phi) is 6.16. The van der Waals surface area contributed by atoms with Crippen molar-refractivity contribution in [2.45, 2.75) is 4.90 Å². The van der Waals surface area contributed by atoms with Crippen LogP contribution in [-0.4, -0.2) is 46.0 Å². The molecule has 10 heteroatoms. The van der Waals surface area contributed by atoms with Crippen molar-refractivity contribution in [3.05, 3.63) is 53.6 Å². The van der Waals surface area contributed by atoms with E-state index in [1.165, 1.54) is 63.7 Å². The average Bonchev–Trinajstić information content (AvgIpc) is 2.66. The third-order valence-corrected chi connectivity index (χ3v) is 5.43. The van der Waals surface area contributed by atoms with Gasteiger partial charge in [-0.25, -0.2) is 8.42 Å². The second-order valence-corrected chi connectivity index (χ2v) is 7.26. The van der Waals surface area contributed by atoms with E-state index in [2.05, 4.69) is 5.32 Å². The molecule has 0 unspecified atom stereocenters. The first kappa shape index (κ1) is 20.4. The van der Waals surface area contributed by atoms with Crippen molar-refractivity contribution in [2.24, 2.45) is 5.73 Å². The van der Waals surface area contributed by atoms with Crippen LogP contribution in [0.15, 0.2) is 47.4 Å². The molecule has 2 amide bonds. The Hall–Kier alpha value is -2.95. The van der Waals surface area contributed by atoms with E-state index in [1.807, 2.05) is 0 Å². The highest BCUT2D eigenvalue weighted by Crippen LogP contribution is 2.27. The maximum Gasteiger partial charge on any atom is 0.268 e. The molecule has 0 aliphatic carbocycles. The molecule has 0 atom stereocenters. The Morgan fingerprint density at radius 2 is 1.63 bits per heavy atom. The van der Waals surface area contributed by atoms with Crippen LogP contribution in [0, 0.1) is 0 Å². The predicted molar refractivity (Wildman–Crippen MR) is 97.9 cm³/mol. The lowest BCUT2D eigenvalue weighted by atomic mass is 10.1. The molecule has 0 bridgehead atoms. The van der Waals surface area contributed by atoms with Crippen LogP contribution in [0.4, 0.5) is 5.69 Å². The molecule has 0 aromatic heterocycles. The fourth-order valence-corrected chi connectivity index (χ4v) is 3.33. The van der Waals surface area contributed by atoms with Gasteiger partial charge in [0, 0.05) is 23.9 Å². The first-order valence-corrected chi connectivity index (χ1v) is 9.07. The fraction of sp³-hybridized carbons (Fsp3) is 0.176. The molecule has 9 nitrogen and oxygen atoms in total. The molecule has 0 radical (unpaired) electrons. The van der Waals surface area contributed by atoms with Gasteiger partial charge in [-0.05, 0) is 42.5 Å². The average molecular weight is 393 g/mol. The van der Waals surface area contributed by atoms with Gasteiger partial charge in [-0.1, -0.05) is 4.47 Å². The summed E-state index contributed by atoms with van der Waals surface area (Å²) in [7, 11) is -0.272. The van der Waals surface area contributed by atoms with E-state index in [9.17, 15) is 18.0 Å². The molecule has 0 aliphatic heterocycles. The van der Waals surface area contributed by atoms with Gasteiger partial charge >= 0.3 is 0 Å². The van der Waals surface area contributed by atoms with E-state index in [0.29, 0.717) is 15.7 Å². The summed E-state index contributed by atoms with van der Waals surface area (Å²) in [5, 5.41) is 2.61. The number of methoxy groups -OCH3 is 1. The molecule has 0 heterocycles. The summed E-state index contributed by atoms with van der Waals surface area (Å²) in [5.41, 5.74) is 5.98. The number of carbonyl (C=O) groups excluding carboxylic acids is 2. The Morgan fingerprint density at radius 3 is 2.15 bits per heavy atom. The zero-order chi connectivity index (χ0) is 20.2. The van der Waals surface area contributed by atoms with E-state index in [-0.39, 0.29) is 16.2 Å². The topological polar surface area (TPSA) is 128 Å². The summed E-state index contributed by atoms with van der Waals surface area (Å²) in [6, 6.07) is 9.95.